The molecule has 0 saturated carbocycles. The maximum atomic E-state index is 11.5. The highest BCUT2D eigenvalue weighted by Crippen LogP contribution is 2.13. The largest absolute Gasteiger partial charge is 0.446 e. The molecule has 1 aromatic rings. The Morgan fingerprint density at radius 1 is 1.35 bits per heavy atom. The average molecular weight is 300 g/mol. The highest BCUT2D eigenvalue weighted by atomic mass is 79.9. The van der Waals surface area contributed by atoms with Crippen molar-refractivity contribution in [2.24, 2.45) is 0 Å². The third kappa shape index (κ3) is 3.10. The van der Waals surface area contributed by atoms with E-state index < -0.39 is 12.1 Å². The number of urea groups is 1. The Labute approximate surface area is 106 Å². The topological polar surface area (TPSA) is 70.7 Å². The summed E-state index contributed by atoms with van der Waals surface area (Å²) in [5, 5.41) is 3.72. The van der Waals surface area contributed by atoms with Crippen molar-refractivity contribution in [3.05, 3.63) is 28.7 Å². The van der Waals surface area contributed by atoms with E-state index in [1.54, 1.807) is 24.3 Å². The molecule has 0 aliphatic carbocycles. The van der Waals surface area contributed by atoms with Gasteiger partial charge in [0.2, 0.25) is 0 Å². The van der Waals surface area contributed by atoms with E-state index in [1.807, 2.05) is 0 Å². The third-order valence-corrected chi connectivity index (χ3v) is 2.63. The zero-order chi connectivity index (χ0) is 12.3. The van der Waals surface area contributed by atoms with Crippen molar-refractivity contribution in [2.75, 3.05) is 18.5 Å². The summed E-state index contributed by atoms with van der Waals surface area (Å²) in [6.45, 7) is 0.643. The Bertz CT molecular complexity index is 435. The molecule has 6 nitrogen and oxygen atoms in total. The van der Waals surface area contributed by atoms with Gasteiger partial charge in [-0.3, -0.25) is 0 Å². The van der Waals surface area contributed by atoms with Crippen LogP contribution >= 0.6 is 15.9 Å². The van der Waals surface area contributed by atoms with Gasteiger partial charge in [-0.1, -0.05) is 15.9 Å². The average Bonchev–Trinajstić information content (AvgIpc) is 2.68. The second-order valence-corrected chi connectivity index (χ2v) is 4.25. The maximum absolute atomic E-state index is 11.5. The number of hydrazine groups is 1. The number of cyclic esters (lactones) is 1. The van der Waals surface area contributed by atoms with E-state index in [0.29, 0.717) is 12.2 Å². The summed E-state index contributed by atoms with van der Waals surface area (Å²) in [5.41, 5.74) is 3.03. The highest BCUT2D eigenvalue weighted by molar-refractivity contribution is 9.10. The fraction of sp³-hybridized carbons (Fsp3) is 0.200. The molecule has 90 valence electrons. The lowest BCUT2D eigenvalue weighted by Gasteiger charge is -2.14. The van der Waals surface area contributed by atoms with Crippen molar-refractivity contribution in [1.82, 2.24) is 10.4 Å². The van der Waals surface area contributed by atoms with Gasteiger partial charge in [0, 0.05) is 10.2 Å². The Balaban J connectivity index is 1.88. The third-order valence-electron chi connectivity index (χ3n) is 2.10. The van der Waals surface area contributed by atoms with E-state index in [4.69, 9.17) is 0 Å². The highest BCUT2D eigenvalue weighted by Gasteiger charge is 2.23. The number of amides is 3. The lowest BCUT2D eigenvalue weighted by molar-refractivity contribution is 0.147. The van der Waals surface area contributed by atoms with E-state index >= 15 is 0 Å². The molecule has 2 N–H and O–H groups in total. The number of halogens is 1. The molecule has 1 heterocycles. The zero-order valence-corrected chi connectivity index (χ0v) is 10.4. The van der Waals surface area contributed by atoms with Crippen LogP contribution in [0, 0.1) is 0 Å². The molecular formula is C10H10BrN3O3. The summed E-state index contributed by atoms with van der Waals surface area (Å²) >= 11 is 3.29. The van der Waals surface area contributed by atoms with Crippen molar-refractivity contribution in [2.45, 2.75) is 0 Å². The maximum Gasteiger partial charge on any atom is 0.428 e. The normalized spacial score (nSPS) is 14.4. The van der Waals surface area contributed by atoms with E-state index in [1.165, 1.54) is 0 Å². The number of nitrogens with one attached hydrogen (secondary N) is 2. The molecule has 7 heteroatoms. The van der Waals surface area contributed by atoms with Gasteiger partial charge in [-0.15, -0.1) is 0 Å². The molecule has 0 radical (unpaired) electrons. The van der Waals surface area contributed by atoms with Gasteiger partial charge in [-0.2, -0.15) is 0 Å². The number of carbonyl (C=O) groups excluding carboxylic acids is 2. The van der Waals surface area contributed by atoms with Crippen molar-refractivity contribution in [1.29, 1.82) is 0 Å². The minimum atomic E-state index is -0.545. The molecule has 17 heavy (non-hydrogen) atoms. The first-order chi connectivity index (χ1) is 8.15. The van der Waals surface area contributed by atoms with Gasteiger partial charge >= 0.3 is 12.1 Å². The van der Waals surface area contributed by atoms with Gasteiger partial charge in [0.05, 0.1) is 6.54 Å². The molecule has 0 atom stereocenters. The molecule has 3 amide bonds. The lowest BCUT2D eigenvalue weighted by atomic mass is 10.3. The van der Waals surface area contributed by atoms with E-state index in [9.17, 15) is 9.59 Å². The van der Waals surface area contributed by atoms with Crippen LogP contribution in [-0.2, 0) is 4.74 Å². The molecule has 0 unspecified atom stereocenters. The lowest BCUT2D eigenvalue weighted by Crippen LogP contribution is -2.44. The van der Waals surface area contributed by atoms with Gasteiger partial charge in [0.1, 0.15) is 6.61 Å². The summed E-state index contributed by atoms with van der Waals surface area (Å²) < 4.78 is 5.59. The van der Waals surface area contributed by atoms with E-state index in [2.05, 4.69) is 31.4 Å². The molecule has 0 spiro atoms. The first kappa shape index (κ1) is 11.7. The zero-order valence-electron chi connectivity index (χ0n) is 8.77. The van der Waals surface area contributed by atoms with Crippen LogP contribution in [0.5, 0.6) is 0 Å². The summed E-state index contributed by atoms with van der Waals surface area (Å²) in [5.74, 6) is 0. The predicted molar refractivity (Wildman–Crippen MR) is 64.4 cm³/mol. The fourth-order valence-corrected chi connectivity index (χ4v) is 1.57. The first-order valence-electron chi connectivity index (χ1n) is 4.92. The van der Waals surface area contributed by atoms with Crippen molar-refractivity contribution < 1.29 is 14.3 Å². The number of ether oxygens (including phenoxy) is 1. The summed E-state index contributed by atoms with van der Waals surface area (Å²) in [6, 6.07) is 6.61. The van der Waals surface area contributed by atoms with Crippen LogP contribution in [0.2, 0.25) is 0 Å². The second-order valence-electron chi connectivity index (χ2n) is 3.34. The van der Waals surface area contributed by atoms with Crippen LogP contribution in [0.1, 0.15) is 0 Å². The van der Waals surface area contributed by atoms with Gasteiger partial charge in [-0.25, -0.2) is 20.0 Å². The van der Waals surface area contributed by atoms with Gasteiger partial charge in [0.25, 0.3) is 0 Å². The van der Waals surface area contributed by atoms with Crippen molar-refractivity contribution in [3.63, 3.8) is 0 Å². The van der Waals surface area contributed by atoms with E-state index in [0.717, 1.165) is 9.48 Å². The number of hydrogen-bond acceptors (Lipinski definition) is 3. The van der Waals surface area contributed by atoms with E-state index in [-0.39, 0.29) is 6.61 Å². The van der Waals surface area contributed by atoms with Crippen LogP contribution in [0.15, 0.2) is 28.7 Å². The molecule has 2 rings (SSSR count). The molecule has 1 aliphatic heterocycles. The molecule has 0 bridgehead atoms. The van der Waals surface area contributed by atoms with Crippen LogP contribution in [0.4, 0.5) is 15.3 Å². The first-order valence-corrected chi connectivity index (χ1v) is 5.72. The van der Waals surface area contributed by atoms with Gasteiger partial charge < -0.3 is 10.1 Å². The second kappa shape index (κ2) is 5.05. The van der Waals surface area contributed by atoms with Crippen molar-refractivity contribution >= 4 is 33.7 Å². The smallest absolute Gasteiger partial charge is 0.428 e. The number of hydrogen-bond donors (Lipinski definition) is 2. The Morgan fingerprint density at radius 2 is 2.06 bits per heavy atom. The number of anilines is 1. The summed E-state index contributed by atoms with van der Waals surface area (Å²) in [4.78, 5) is 22.6. The van der Waals surface area contributed by atoms with Crippen LogP contribution in [0.25, 0.3) is 0 Å². The minimum Gasteiger partial charge on any atom is -0.446 e. The number of nitrogens with zero attached hydrogens (tertiary/aromatic N) is 1. The molecule has 1 aliphatic rings. The number of carbonyl (C=O) groups is 2. The summed E-state index contributed by atoms with van der Waals surface area (Å²) in [7, 11) is 0. The van der Waals surface area contributed by atoms with Crippen LogP contribution < -0.4 is 10.7 Å². The molecular weight excluding hydrogens is 290 g/mol. The summed E-state index contributed by atoms with van der Waals surface area (Å²) in [6.07, 6.45) is -0.545. The molecule has 0 aromatic heterocycles. The minimum absolute atomic E-state index is 0.289. The number of benzene rings is 1. The van der Waals surface area contributed by atoms with Gasteiger partial charge in [-0.05, 0) is 24.3 Å². The van der Waals surface area contributed by atoms with Crippen LogP contribution in [-0.4, -0.2) is 30.3 Å². The predicted octanol–water partition coefficient (Wildman–Crippen LogP) is 1.94. The standard InChI is InChI=1S/C10H10BrN3O3/c11-7-1-3-8(4-2-7)12-9(15)13-14-5-6-17-10(14)16/h1-4H,5-6H2,(H2,12,13,15). The monoisotopic (exact) mass is 299 g/mol. The Hall–Kier alpha value is -1.76. The SMILES string of the molecule is O=C(Nc1ccc(Br)cc1)NN1CCOC1=O. The van der Waals surface area contributed by atoms with Crippen molar-refractivity contribution in [3.8, 4) is 0 Å². The molecule has 1 saturated heterocycles. The Kier molecular flexibility index (Phi) is 3.48. The van der Waals surface area contributed by atoms with Gasteiger partial charge in [0.15, 0.2) is 0 Å². The quantitative estimate of drug-likeness (QED) is 0.877. The van der Waals surface area contributed by atoms with Crippen LogP contribution in [0.3, 0.4) is 0 Å². The Morgan fingerprint density at radius 3 is 2.65 bits per heavy atom. The fourth-order valence-electron chi connectivity index (χ4n) is 1.31. The molecule has 1 fully saturated rings. The molecule has 1 aromatic carbocycles. The number of rotatable bonds is 2.